The molecule has 0 spiro atoms. The molecule has 0 saturated carbocycles. The first-order valence-corrected chi connectivity index (χ1v) is 11.0. The molecule has 4 aromatic carbocycles. The summed E-state index contributed by atoms with van der Waals surface area (Å²) in [4.78, 5) is 0. The van der Waals surface area contributed by atoms with Crippen LogP contribution in [0.5, 0.6) is 23.0 Å². The van der Waals surface area contributed by atoms with Crippen LogP contribution in [-0.2, 0) is 12.2 Å². The smallest absolute Gasteiger partial charge is 0.178 e. The molecule has 0 atom stereocenters. The lowest BCUT2D eigenvalue weighted by atomic mass is 9.82. The zero-order valence-corrected chi connectivity index (χ0v) is 19.4. The number of methoxy groups -OCH3 is 3. The van der Waals surface area contributed by atoms with Gasteiger partial charge in [-0.05, 0) is 30.3 Å². The number of hydrogen-bond donors (Lipinski definition) is 1. The maximum absolute atomic E-state index is 10.2. The predicted octanol–water partition coefficient (Wildman–Crippen LogP) is 5.71. The normalized spacial score (nSPS) is 13.8. The first-order chi connectivity index (χ1) is 16.6. The molecule has 0 amide bonds. The average Bonchev–Trinajstić information content (AvgIpc) is 2.92. The maximum Gasteiger partial charge on any atom is 0.178 e. The van der Waals surface area contributed by atoms with E-state index in [9.17, 15) is 5.11 Å². The third-order valence-corrected chi connectivity index (χ3v) is 6.41. The molecule has 1 N–H and O–H groups in total. The van der Waals surface area contributed by atoms with Crippen molar-refractivity contribution < 1.29 is 24.1 Å². The van der Waals surface area contributed by atoms with Crippen molar-refractivity contribution in [2.75, 3.05) is 21.3 Å². The van der Waals surface area contributed by atoms with Crippen molar-refractivity contribution >= 4 is 16.8 Å². The van der Waals surface area contributed by atoms with Crippen molar-refractivity contribution in [1.82, 2.24) is 0 Å². The second kappa shape index (κ2) is 8.76. The van der Waals surface area contributed by atoms with E-state index in [0.717, 1.165) is 39.0 Å². The van der Waals surface area contributed by atoms with Gasteiger partial charge in [0, 0.05) is 33.0 Å². The largest absolute Gasteiger partial charge is 0.497 e. The summed E-state index contributed by atoms with van der Waals surface area (Å²) in [5.74, 6) is 2.90. The molecule has 34 heavy (non-hydrogen) atoms. The van der Waals surface area contributed by atoms with E-state index in [1.165, 1.54) is 0 Å². The van der Waals surface area contributed by atoms with E-state index in [1.807, 2.05) is 84.9 Å². The van der Waals surface area contributed by atoms with Gasteiger partial charge in [0.1, 0.15) is 23.0 Å². The summed E-state index contributed by atoms with van der Waals surface area (Å²) in [5, 5.41) is 12.1. The predicted molar refractivity (Wildman–Crippen MR) is 133 cm³/mol. The summed E-state index contributed by atoms with van der Waals surface area (Å²) < 4.78 is 23.4. The van der Waals surface area contributed by atoms with Crippen molar-refractivity contribution in [3.8, 4) is 23.0 Å². The topological polar surface area (TPSA) is 57.2 Å². The average molecular weight is 455 g/mol. The molecule has 5 heteroatoms. The number of fused-ring (bicyclic) bond motifs is 3. The monoisotopic (exact) mass is 454 g/mol. The van der Waals surface area contributed by atoms with Crippen LogP contribution in [-0.4, -0.2) is 26.4 Å². The fourth-order valence-corrected chi connectivity index (χ4v) is 4.67. The molecule has 1 heterocycles. The van der Waals surface area contributed by atoms with Gasteiger partial charge in [0.15, 0.2) is 5.60 Å². The van der Waals surface area contributed by atoms with Crippen molar-refractivity contribution in [2.45, 2.75) is 12.2 Å². The second-order valence-electron chi connectivity index (χ2n) is 8.09. The second-order valence-corrected chi connectivity index (χ2v) is 8.09. The van der Waals surface area contributed by atoms with Gasteiger partial charge in [0.2, 0.25) is 0 Å². The Balaban J connectivity index is 1.78. The van der Waals surface area contributed by atoms with Crippen LogP contribution >= 0.6 is 0 Å². The summed E-state index contributed by atoms with van der Waals surface area (Å²) in [6.07, 6.45) is 4.06. The van der Waals surface area contributed by atoms with Crippen molar-refractivity contribution in [3.63, 3.8) is 0 Å². The zero-order valence-electron chi connectivity index (χ0n) is 19.4. The molecule has 1 aliphatic heterocycles. The van der Waals surface area contributed by atoms with Gasteiger partial charge < -0.3 is 24.1 Å². The standard InChI is InChI=1S/C29H26O5/c1-31-21-12-8-19(9-13-21)29(20-10-14-22(32-2)15-11-20)17-16-25-26(18-30)27(33-3)23-6-4-5-7-24(23)28(25)34-29/h4-17,30H,18H2,1-3H3. The molecule has 0 bridgehead atoms. The summed E-state index contributed by atoms with van der Waals surface area (Å²) in [5.41, 5.74) is 2.52. The van der Waals surface area contributed by atoms with Gasteiger partial charge in [-0.3, -0.25) is 0 Å². The lowest BCUT2D eigenvalue weighted by molar-refractivity contribution is 0.162. The highest BCUT2D eigenvalue weighted by molar-refractivity contribution is 5.99. The molecule has 0 aliphatic carbocycles. The van der Waals surface area contributed by atoms with E-state index in [4.69, 9.17) is 18.9 Å². The van der Waals surface area contributed by atoms with Gasteiger partial charge in [-0.15, -0.1) is 0 Å². The quantitative estimate of drug-likeness (QED) is 0.405. The minimum atomic E-state index is -0.893. The third-order valence-electron chi connectivity index (χ3n) is 6.41. The van der Waals surface area contributed by atoms with E-state index in [0.29, 0.717) is 17.1 Å². The number of aliphatic hydroxyl groups excluding tert-OH is 1. The Labute approximate surface area is 198 Å². The summed E-state index contributed by atoms with van der Waals surface area (Å²) in [7, 11) is 4.93. The molecule has 0 unspecified atom stereocenters. The maximum atomic E-state index is 10.2. The van der Waals surface area contributed by atoms with E-state index < -0.39 is 5.60 Å². The zero-order chi connectivity index (χ0) is 23.7. The highest BCUT2D eigenvalue weighted by Crippen LogP contribution is 2.49. The van der Waals surface area contributed by atoms with Gasteiger partial charge in [-0.25, -0.2) is 0 Å². The van der Waals surface area contributed by atoms with Crippen LogP contribution in [0.15, 0.2) is 78.9 Å². The molecular formula is C29H26O5. The highest BCUT2D eigenvalue weighted by Gasteiger charge is 2.39. The van der Waals surface area contributed by atoms with Crippen molar-refractivity contribution in [1.29, 1.82) is 0 Å². The van der Waals surface area contributed by atoms with Gasteiger partial charge in [-0.1, -0.05) is 54.6 Å². The van der Waals surface area contributed by atoms with Crippen molar-refractivity contribution in [2.24, 2.45) is 0 Å². The molecule has 5 rings (SSSR count). The number of hydrogen-bond acceptors (Lipinski definition) is 5. The van der Waals surface area contributed by atoms with E-state index in [1.54, 1.807) is 21.3 Å². The number of rotatable bonds is 6. The van der Waals surface area contributed by atoms with Crippen LogP contribution in [0.25, 0.3) is 16.8 Å². The SMILES string of the molecule is COc1ccc(C2(c3ccc(OC)cc3)C=Cc3c(CO)c(OC)c4ccccc4c3O2)cc1. The lowest BCUT2D eigenvalue weighted by Gasteiger charge is -2.37. The van der Waals surface area contributed by atoms with Crippen LogP contribution in [0.4, 0.5) is 0 Å². The first kappa shape index (κ1) is 21.9. The molecule has 4 aromatic rings. The first-order valence-electron chi connectivity index (χ1n) is 11.0. The molecule has 172 valence electrons. The van der Waals surface area contributed by atoms with Gasteiger partial charge >= 0.3 is 0 Å². The Morgan fingerprint density at radius 2 is 1.29 bits per heavy atom. The van der Waals surface area contributed by atoms with Gasteiger partial charge in [0.25, 0.3) is 0 Å². The Morgan fingerprint density at radius 3 is 1.79 bits per heavy atom. The Hall–Kier alpha value is -3.96. The van der Waals surface area contributed by atoms with E-state index >= 15 is 0 Å². The fourth-order valence-electron chi connectivity index (χ4n) is 4.67. The van der Waals surface area contributed by atoms with Crippen LogP contribution in [0.2, 0.25) is 0 Å². The lowest BCUT2D eigenvalue weighted by Crippen LogP contribution is -2.34. The Kier molecular flexibility index (Phi) is 5.64. The molecule has 0 aromatic heterocycles. The highest BCUT2D eigenvalue weighted by atomic mass is 16.5. The van der Waals surface area contributed by atoms with Gasteiger partial charge in [-0.2, -0.15) is 0 Å². The minimum absolute atomic E-state index is 0.165. The van der Waals surface area contributed by atoms with E-state index in [-0.39, 0.29) is 6.61 Å². The van der Waals surface area contributed by atoms with Crippen molar-refractivity contribution in [3.05, 3.63) is 101 Å². The third kappa shape index (κ3) is 3.37. The van der Waals surface area contributed by atoms with E-state index in [2.05, 4.69) is 0 Å². The fraction of sp³-hybridized carbons (Fsp3) is 0.172. The minimum Gasteiger partial charge on any atom is -0.497 e. The Morgan fingerprint density at radius 1 is 0.735 bits per heavy atom. The van der Waals surface area contributed by atoms with Gasteiger partial charge in [0.05, 0.1) is 27.9 Å². The van der Waals surface area contributed by atoms with Crippen LogP contribution in [0.3, 0.4) is 0 Å². The number of benzene rings is 4. The van der Waals surface area contributed by atoms with Crippen LogP contribution < -0.4 is 18.9 Å². The molecule has 0 radical (unpaired) electrons. The molecular weight excluding hydrogens is 428 g/mol. The summed E-state index contributed by atoms with van der Waals surface area (Å²) >= 11 is 0. The summed E-state index contributed by atoms with van der Waals surface area (Å²) in [6, 6.07) is 23.7. The molecule has 5 nitrogen and oxygen atoms in total. The summed E-state index contributed by atoms with van der Waals surface area (Å²) in [6.45, 7) is -0.165. The van der Waals surface area contributed by atoms with Crippen LogP contribution in [0.1, 0.15) is 22.3 Å². The Bertz CT molecular complexity index is 1310. The number of aliphatic hydroxyl groups is 1. The molecule has 0 fully saturated rings. The molecule has 1 aliphatic rings. The van der Waals surface area contributed by atoms with Crippen LogP contribution in [0, 0.1) is 0 Å². The number of ether oxygens (including phenoxy) is 4. The molecule has 0 saturated heterocycles.